The van der Waals surface area contributed by atoms with Crippen LogP contribution in [0.25, 0.3) is 0 Å². The molecule has 0 aromatic carbocycles. The van der Waals surface area contributed by atoms with Crippen molar-refractivity contribution in [3.05, 3.63) is 23.8 Å². The molecule has 3 saturated carbocycles. The van der Waals surface area contributed by atoms with Crippen LogP contribution in [0, 0.1) is 28.6 Å². The molecule has 3 fully saturated rings. The van der Waals surface area contributed by atoms with E-state index in [4.69, 9.17) is 15.2 Å². The Hall–Kier alpha value is -3.25. The lowest BCUT2D eigenvalue weighted by Gasteiger charge is -2.63. The summed E-state index contributed by atoms with van der Waals surface area (Å²) in [5, 5.41) is 14.8. The molecule has 0 heterocycles. The first-order chi connectivity index (χ1) is 22.1. The minimum absolute atomic E-state index is 0.00795. The van der Waals surface area contributed by atoms with Crippen molar-refractivity contribution in [1.29, 1.82) is 0 Å². The molecule has 4 aliphatic carbocycles. The number of halogens is 1. The van der Waals surface area contributed by atoms with E-state index in [1.165, 1.54) is 25.2 Å². The van der Waals surface area contributed by atoms with Crippen LogP contribution >= 0.6 is 0 Å². The molecule has 1 unspecified atom stereocenters. The molecule has 260 valence electrons. The molecule has 1 amide bonds. The molecule has 4 rings (SSSR count). The van der Waals surface area contributed by atoms with Crippen LogP contribution in [0.2, 0.25) is 0 Å². The highest BCUT2D eigenvalue weighted by Crippen LogP contribution is 2.72. The molecule has 0 radical (unpaired) electrons. The number of hydrogen-bond donors (Lipinski definition) is 3. The topological polar surface area (TPSA) is 179 Å². The first-order valence-electron chi connectivity index (χ1n) is 16.8. The zero-order chi connectivity index (χ0) is 34.9. The van der Waals surface area contributed by atoms with E-state index in [1.807, 2.05) is 0 Å². The molecule has 0 bridgehead atoms. The Labute approximate surface area is 275 Å². The Morgan fingerprint density at radius 3 is 2.45 bits per heavy atom. The molecule has 12 heteroatoms. The highest BCUT2D eigenvalue weighted by molar-refractivity contribution is 6.01. The molecule has 0 aromatic rings. The van der Waals surface area contributed by atoms with Crippen LogP contribution in [-0.2, 0) is 38.2 Å². The molecule has 0 saturated heterocycles. The van der Waals surface area contributed by atoms with Crippen LogP contribution in [0.15, 0.2) is 23.8 Å². The molecule has 0 aliphatic heterocycles. The predicted molar refractivity (Wildman–Crippen MR) is 168 cm³/mol. The van der Waals surface area contributed by atoms with Gasteiger partial charge in [0.15, 0.2) is 29.4 Å². The number of Topliss-reactive ketones (excluding diaryl/α,β-unsaturated/α-hetero) is 2. The minimum atomic E-state index is -2.29. The van der Waals surface area contributed by atoms with Gasteiger partial charge in [-0.25, -0.2) is 4.39 Å². The monoisotopic (exact) mass is 660 g/mol. The van der Waals surface area contributed by atoms with E-state index in [-0.39, 0.29) is 44.4 Å². The number of ketones is 3. The van der Waals surface area contributed by atoms with Crippen molar-refractivity contribution in [3.63, 3.8) is 0 Å². The summed E-state index contributed by atoms with van der Waals surface area (Å²) < 4.78 is 29.5. The van der Waals surface area contributed by atoms with E-state index in [0.717, 1.165) is 0 Å². The Kier molecular flexibility index (Phi) is 10.7. The van der Waals surface area contributed by atoms with Gasteiger partial charge in [-0.2, -0.15) is 0 Å². The van der Waals surface area contributed by atoms with Crippen LogP contribution in [0.1, 0.15) is 92.4 Å². The van der Waals surface area contributed by atoms with Gasteiger partial charge in [0.2, 0.25) is 11.7 Å². The number of nitrogens with one attached hydrogen (secondary N) is 1. The molecule has 11 nitrogen and oxygen atoms in total. The van der Waals surface area contributed by atoms with Gasteiger partial charge in [-0.1, -0.05) is 32.4 Å². The summed E-state index contributed by atoms with van der Waals surface area (Å²) in [4.78, 5) is 78.7. The quantitative estimate of drug-likeness (QED) is 0.249. The van der Waals surface area contributed by atoms with Gasteiger partial charge in [-0.15, -0.1) is 0 Å². The number of ether oxygens (including phenoxy) is 2. The highest BCUT2D eigenvalue weighted by Gasteiger charge is 2.79. The van der Waals surface area contributed by atoms with E-state index in [0.29, 0.717) is 18.4 Å². The smallest absolute Gasteiger partial charge is 0.306 e. The molecule has 9 atom stereocenters. The van der Waals surface area contributed by atoms with E-state index in [1.54, 1.807) is 27.7 Å². The third kappa shape index (κ3) is 5.89. The van der Waals surface area contributed by atoms with E-state index in [9.17, 15) is 33.9 Å². The lowest BCUT2D eigenvalue weighted by molar-refractivity contribution is -0.234. The average Bonchev–Trinajstić information content (AvgIpc) is 3.25. The largest absolute Gasteiger partial charge is 0.457 e. The number of carbonyl (C=O) groups excluding carboxylic acids is 6. The van der Waals surface area contributed by atoms with Crippen molar-refractivity contribution in [1.82, 2.24) is 5.32 Å². The highest BCUT2D eigenvalue weighted by atomic mass is 19.1. The molecular weight excluding hydrogens is 611 g/mol. The molecule has 47 heavy (non-hydrogen) atoms. The number of nitrogens with two attached hydrogens (primary N) is 1. The van der Waals surface area contributed by atoms with Crippen LogP contribution in [0.5, 0.6) is 0 Å². The summed E-state index contributed by atoms with van der Waals surface area (Å²) in [5.74, 6) is -5.72. The number of carbonyl (C=O) groups is 6. The fourth-order valence-electron chi connectivity index (χ4n) is 9.38. The number of aliphatic hydroxyl groups is 1. The Balaban J connectivity index is 1.94. The lowest BCUT2D eigenvalue weighted by atomic mass is 9.43. The second kappa shape index (κ2) is 13.7. The summed E-state index contributed by atoms with van der Waals surface area (Å²) >= 11 is 0. The summed E-state index contributed by atoms with van der Waals surface area (Å²) in [6, 6.07) is -0.991. The van der Waals surface area contributed by atoms with Gasteiger partial charge >= 0.3 is 11.9 Å². The first-order valence-corrected chi connectivity index (χ1v) is 16.8. The number of hydrogen-bond acceptors (Lipinski definition) is 10. The Bertz CT molecular complexity index is 1380. The SMILES string of the molecule is CCC(=O)OCC(=O)[C@@]1(OC(=O)CC)[C@@H](C)C[C@H]2[C@@H]3CCC4=CC(=O)C=C[C@]4(C)C3(F)[C@@H](O)C[C@@]21CC(=O)[C@H](CCCN)NC(C)=O. The first kappa shape index (κ1) is 36.6. The van der Waals surface area contributed by atoms with Crippen molar-refractivity contribution in [3.8, 4) is 0 Å². The van der Waals surface area contributed by atoms with Gasteiger partial charge in [0, 0.05) is 48.9 Å². The fraction of sp³-hybridized carbons (Fsp3) is 0.714. The normalized spacial score (nSPS) is 36.3. The molecular formula is C35H49FN2O9. The van der Waals surface area contributed by atoms with Crippen LogP contribution in [-0.4, -0.2) is 76.9 Å². The van der Waals surface area contributed by atoms with Crippen molar-refractivity contribution < 1.29 is 47.7 Å². The Morgan fingerprint density at radius 1 is 1.15 bits per heavy atom. The number of alkyl halides is 1. The van der Waals surface area contributed by atoms with Crippen molar-refractivity contribution in [2.75, 3.05) is 13.2 Å². The van der Waals surface area contributed by atoms with Crippen LogP contribution < -0.4 is 11.1 Å². The molecule has 4 N–H and O–H groups in total. The second-order valence-corrected chi connectivity index (χ2v) is 14.0. The zero-order valence-electron chi connectivity index (χ0n) is 28.1. The lowest BCUT2D eigenvalue weighted by Crippen LogP contribution is -2.71. The predicted octanol–water partition coefficient (Wildman–Crippen LogP) is 3.00. The van der Waals surface area contributed by atoms with Crippen molar-refractivity contribution in [2.24, 2.45) is 34.3 Å². The summed E-state index contributed by atoms with van der Waals surface area (Å²) in [5.41, 5.74) is -1.01. The van der Waals surface area contributed by atoms with Gasteiger partial charge in [0.25, 0.3) is 0 Å². The number of allylic oxidation sites excluding steroid dienone is 4. The van der Waals surface area contributed by atoms with Gasteiger partial charge in [0.1, 0.15) is 0 Å². The van der Waals surface area contributed by atoms with Gasteiger partial charge in [0.05, 0.1) is 12.1 Å². The standard InChI is InChI=1S/C35H49FN2O9/c1-6-30(44)46-19-29(43)35(47-31(45)7-2)20(3)15-25-24-11-10-22-16-23(40)12-13-32(22,5)34(24,36)28(42)18-33(25,35)17-27(41)26(9-8-14-37)38-21(4)39/h12-13,16,20,24-26,28,42H,6-11,14-15,17-19,37H2,1-5H3,(H,38,39)/t20-,24-,25-,26-,28-,32-,33-,34?,35-/m0/s1. The summed E-state index contributed by atoms with van der Waals surface area (Å²) in [7, 11) is 0. The molecule has 0 aromatic heterocycles. The Morgan fingerprint density at radius 2 is 1.83 bits per heavy atom. The third-order valence-corrected chi connectivity index (χ3v) is 11.5. The minimum Gasteiger partial charge on any atom is -0.457 e. The van der Waals surface area contributed by atoms with Crippen LogP contribution in [0.4, 0.5) is 4.39 Å². The number of amides is 1. The number of aliphatic hydroxyl groups excluding tert-OH is 1. The van der Waals surface area contributed by atoms with Crippen molar-refractivity contribution >= 4 is 35.2 Å². The second-order valence-electron chi connectivity index (χ2n) is 14.0. The van der Waals surface area contributed by atoms with Crippen molar-refractivity contribution in [2.45, 2.75) is 116 Å². The fourth-order valence-corrected chi connectivity index (χ4v) is 9.38. The summed E-state index contributed by atoms with van der Waals surface area (Å²) in [6.45, 7) is 7.27. The number of fused-ring (bicyclic) bond motifs is 5. The molecule has 4 aliphatic rings. The maximum absolute atomic E-state index is 18.0. The van der Waals surface area contributed by atoms with E-state index >= 15 is 4.39 Å². The third-order valence-electron chi connectivity index (χ3n) is 11.5. The van der Waals surface area contributed by atoms with Crippen LogP contribution in [0.3, 0.4) is 0 Å². The number of esters is 2. The van der Waals surface area contributed by atoms with Gasteiger partial charge in [-0.3, -0.25) is 28.8 Å². The van der Waals surface area contributed by atoms with E-state index in [2.05, 4.69) is 5.32 Å². The van der Waals surface area contributed by atoms with E-state index < -0.39 is 101 Å². The average molecular weight is 661 g/mol. The number of rotatable bonds is 13. The zero-order valence-corrected chi connectivity index (χ0v) is 28.1. The molecule has 0 spiro atoms. The summed E-state index contributed by atoms with van der Waals surface area (Å²) in [6.07, 6.45) is 2.86. The maximum Gasteiger partial charge on any atom is 0.306 e. The van der Waals surface area contributed by atoms with Gasteiger partial charge < -0.3 is 25.6 Å². The van der Waals surface area contributed by atoms with Gasteiger partial charge in [-0.05, 0) is 70.1 Å². The maximum atomic E-state index is 18.0.